The van der Waals surface area contributed by atoms with E-state index in [0.717, 1.165) is 0 Å². The molecule has 4 nitrogen and oxygen atoms in total. The second kappa shape index (κ2) is 6.23. The number of unbranched alkanes of at least 4 members (excludes halogenated alkanes) is 1. The Kier molecular flexibility index (Phi) is 4.94. The lowest BCUT2D eigenvalue weighted by Gasteiger charge is -2.07. The van der Waals surface area contributed by atoms with Gasteiger partial charge in [0.1, 0.15) is 0 Å². The third kappa shape index (κ3) is 5.51. The molecule has 0 spiro atoms. The van der Waals surface area contributed by atoms with Crippen molar-refractivity contribution < 1.29 is 18.0 Å². The van der Waals surface area contributed by atoms with Gasteiger partial charge in [0, 0.05) is 25.2 Å². The Balaban J connectivity index is 2.26. The smallest absolute Gasteiger partial charge is 0.352 e. The SMILES string of the molecule is O=C(NCCCCC(F)(F)F)c1ccc(=O)[nH]c1. The zero-order valence-corrected chi connectivity index (χ0v) is 9.51. The van der Waals surface area contributed by atoms with E-state index in [-0.39, 0.29) is 30.5 Å². The molecule has 0 unspecified atom stereocenters. The molecule has 0 fully saturated rings. The number of rotatable bonds is 5. The predicted molar refractivity (Wildman–Crippen MR) is 59.3 cm³/mol. The van der Waals surface area contributed by atoms with Crippen LogP contribution in [0.25, 0.3) is 0 Å². The van der Waals surface area contributed by atoms with Gasteiger partial charge in [-0.25, -0.2) is 0 Å². The van der Waals surface area contributed by atoms with Crippen LogP contribution >= 0.6 is 0 Å². The van der Waals surface area contributed by atoms with Crippen LogP contribution in [-0.4, -0.2) is 23.6 Å². The molecule has 0 aliphatic carbocycles. The summed E-state index contributed by atoms with van der Waals surface area (Å²) in [5, 5.41) is 2.48. The standard InChI is InChI=1S/C11H13F3N2O2/c12-11(13,14)5-1-2-6-15-10(18)8-3-4-9(17)16-7-8/h3-4,7H,1-2,5-6H2,(H,15,18)(H,16,17). The first-order chi connectivity index (χ1) is 8.38. The van der Waals surface area contributed by atoms with Crippen LogP contribution in [0.1, 0.15) is 29.6 Å². The maximum Gasteiger partial charge on any atom is 0.389 e. The number of aromatic amines is 1. The summed E-state index contributed by atoms with van der Waals surface area (Å²) in [7, 11) is 0. The average Bonchev–Trinajstić information content (AvgIpc) is 2.27. The van der Waals surface area contributed by atoms with E-state index in [0.29, 0.717) is 0 Å². The highest BCUT2D eigenvalue weighted by Gasteiger charge is 2.25. The van der Waals surface area contributed by atoms with Crippen molar-refractivity contribution >= 4 is 5.91 Å². The fourth-order valence-corrected chi connectivity index (χ4v) is 1.31. The van der Waals surface area contributed by atoms with Gasteiger partial charge in [0.15, 0.2) is 0 Å². The highest BCUT2D eigenvalue weighted by molar-refractivity contribution is 5.93. The Labute approximate surface area is 101 Å². The Morgan fingerprint density at radius 3 is 2.56 bits per heavy atom. The zero-order chi connectivity index (χ0) is 13.6. The van der Waals surface area contributed by atoms with Gasteiger partial charge in [0.05, 0.1) is 5.56 Å². The van der Waals surface area contributed by atoms with Gasteiger partial charge in [-0.1, -0.05) is 0 Å². The molecule has 0 aromatic carbocycles. The molecule has 1 heterocycles. The lowest BCUT2D eigenvalue weighted by molar-refractivity contribution is -0.135. The van der Waals surface area contributed by atoms with E-state index < -0.39 is 18.5 Å². The number of carbonyl (C=O) groups excluding carboxylic acids is 1. The fourth-order valence-electron chi connectivity index (χ4n) is 1.31. The van der Waals surface area contributed by atoms with Crippen molar-refractivity contribution in [2.24, 2.45) is 0 Å². The molecular formula is C11H13F3N2O2. The maximum atomic E-state index is 11.8. The van der Waals surface area contributed by atoms with Crippen molar-refractivity contribution in [3.05, 3.63) is 34.2 Å². The van der Waals surface area contributed by atoms with Gasteiger partial charge in [-0.15, -0.1) is 0 Å². The molecule has 7 heteroatoms. The molecule has 0 aliphatic rings. The number of aromatic nitrogens is 1. The lowest BCUT2D eigenvalue weighted by atomic mass is 10.2. The third-order valence-corrected chi connectivity index (χ3v) is 2.22. The van der Waals surface area contributed by atoms with Crippen molar-refractivity contribution in [3.8, 4) is 0 Å². The number of nitrogens with one attached hydrogen (secondary N) is 2. The van der Waals surface area contributed by atoms with E-state index in [2.05, 4.69) is 10.3 Å². The van der Waals surface area contributed by atoms with E-state index in [1.807, 2.05) is 0 Å². The van der Waals surface area contributed by atoms with Crippen molar-refractivity contribution in [1.82, 2.24) is 10.3 Å². The Bertz CT molecular complexity index is 434. The van der Waals surface area contributed by atoms with Gasteiger partial charge in [-0.05, 0) is 18.9 Å². The molecule has 1 amide bonds. The van der Waals surface area contributed by atoms with Crippen molar-refractivity contribution in [2.75, 3.05) is 6.54 Å². The van der Waals surface area contributed by atoms with Gasteiger partial charge in [-0.3, -0.25) is 9.59 Å². The Morgan fingerprint density at radius 2 is 2.00 bits per heavy atom. The van der Waals surface area contributed by atoms with Crippen LogP contribution in [-0.2, 0) is 0 Å². The number of hydrogen-bond donors (Lipinski definition) is 2. The third-order valence-electron chi connectivity index (χ3n) is 2.22. The van der Waals surface area contributed by atoms with Gasteiger partial charge < -0.3 is 10.3 Å². The first kappa shape index (κ1) is 14.3. The number of halogens is 3. The molecule has 1 aromatic rings. The summed E-state index contributed by atoms with van der Waals surface area (Å²) < 4.78 is 35.5. The van der Waals surface area contributed by atoms with Crippen LogP contribution in [0.5, 0.6) is 0 Å². The summed E-state index contributed by atoms with van der Waals surface area (Å²) in [6.07, 6.45) is -3.50. The van der Waals surface area contributed by atoms with Gasteiger partial charge in [0.25, 0.3) is 5.91 Å². The monoisotopic (exact) mass is 262 g/mol. The van der Waals surface area contributed by atoms with Crippen LogP contribution in [0.15, 0.2) is 23.1 Å². The number of alkyl halides is 3. The largest absolute Gasteiger partial charge is 0.389 e. The zero-order valence-electron chi connectivity index (χ0n) is 9.51. The summed E-state index contributed by atoms with van der Waals surface area (Å²) in [5.74, 6) is -0.418. The number of carbonyl (C=O) groups is 1. The molecule has 0 radical (unpaired) electrons. The molecule has 0 saturated heterocycles. The highest BCUT2D eigenvalue weighted by atomic mass is 19.4. The molecule has 0 aliphatic heterocycles. The minimum atomic E-state index is -4.15. The van der Waals surface area contributed by atoms with Crippen molar-refractivity contribution in [1.29, 1.82) is 0 Å². The van der Waals surface area contributed by atoms with Crippen LogP contribution in [0.3, 0.4) is 0 Å². The van der Waals surface area contributed by atoms with Gasteiger partial charge in [0.2, 0.25) is 5.56 Å². The van der Waals surface area contributed by atoms with E-state index in [1.54, 1.807) is 0 Å². The molecule has 2 N–H and O–H groups in total. The first-order valence-electron chi connectivity index (χ1n) is 5.42. The van der Waals surface area contributed by atoms with E-state index in [1.165, 1.54) is 18.3 Å². The molecule has 1 rings (SSSR count). The Hall–Kier alpha value is -1.79. The molecule has 18 heavy (non-hydrogen) atoms. The molecule has 0 saturated carbocycles. The fraction of sp³-hybridized carbons (Fsp3) is 0.455. The van der Waals surface area contributed by atoms with Crippen LogP contribution in [0.4, 0.5) is 13.2 Å². The van der Waals surface area contributed by atoms with Crippen molar-refractivity contribution in [3.63, 3.8) is 0 Å². The number of pyridine rings is 1. The highest BCUT2D eigenvalue weighted by Crippen LogP contribution is 2.21. The Morgan fingerprint density at radius 1 is 1.28 bits per heavy atom. The summed E-state index contributed by atoms with van der Waals surface area (Å²) in [4.78, 5) is 24.5. The maximum absolute atomic E-state index is 11.8. The van der Waals surface area contributed by atoms with Gasteiger partial charge >= 0.3 is 6.18 Å². The quantitative estimate of drug-likeness (QED) is 0.795. The molecule has 0 bridgehead atoms. The second-order valence-electron chi connectivity index (χ2n) is 3.77. The van der Waals surface area contributed by atoms with E-state index in [9.17, 15) is 22.8 Å². The summed E-state index contributed by atoms with van der Waals surface area (Å²) in [6, 6.07) is 2.56. The number of hydrogen-bond acceptors (Lipinski definition) is 2. The van der Waals surface area contributed by atoms with E-state index in [4.69, 9.17) is 0 Å². The van der Waals surface area contributed by atoms with Crippen molar-refractivity contribution in [2.45, 2.75) is 25.4 Å². The topological polar surface area (TPSA) is 62.0 Å². The molecule has 100 valence electrons. The minimum Gasteiger partial charge on any atom is -0.352 e. The normalized spacial score (nSPS) is 11.3. The predicted octanol–water partition coefficient (Wildman–Crippen LogP) is 1.84. The van der Waals surface area contributed by atoms with E-state index >= 15 is 0 Å². The number of H-pyrrole nitrogens is 1. The number of amides is 1. The second-order valence-corrected chi connectivity index (χ2v) is 3.77. The summed E-state index contributed by atoms with van der Waals surface area (Å²) >= 11 is 0. The van der Waals surface area contributed by atoms with Gasteiger partial charge in [-0.2, -0.15) is 13.2 Å². The average molecular weight is 262 g/mol. The lowest BCUT2D eigenvalue weighted by Crippen LogP contribution is -2.25. The minimum absolute atomic E-state index is 0.0184. The summed E-state index contributed by atoms with van der Waals surface area (Å²) in [6.45, 7) is 0.175. The van der Waals surface area contributed by atoms with Crippen LogP contribution in [0.2, 0.25) is 0 Å². The molecule has 1 aromatic heterocycles. The van der Waals surface area contributed by atoms with Crippen LogP contribution < -0.4 is 10.9 Å². The summed E-state index contributed by atoms with van der Waals surface area (Å²) in [5.41, 5.74) is -0.0536. The molecular weight excluding hydrogens is 249 g/mol. The first-order valence-corrected chi connectivity index (χ1v) is 5.42. The molecule has 0 atom stereocenters. The van der Waals surface area contributed by atoms with Crippen LogP contribution in [0, 0.1) is 0 Å².